The molecule has 2 aromatic heterocycles. The van der Waals surface area contributed by atoms with Gasteiger partial charge in [-0.15, -0.1) is 22.7 Å². The van der Waals surface area contributed by atoms with Gasteiger partial charge < -0.3 is 4.74 Å². The Morgan fingerprint density at radius 3 is 3.00 bits per heavy atom. The van der Waals surface area contributed by atoms with Gasteiger partial charge in [-0.2, -0.15) is 5.10 Å². The molecule has 6 heteroatoms. The Hall–Kier alpha value is -2.18. The molecule has 3 rings (SSSR count). The van der Waals surface area contributed by atoms with Crippen LogP contribution in [0.25, 0.3) is 11.3 Å². The van der Waals surface area contributed by atoms with Gasteiger partial charge in [0.05, 0.1) is 19.0 Å². The summed E-state index contributed by atoms with van der Waals surface area (Å²) < 4.78 is 5.23. The van der Waals surface area contributed by atoms with Gasteiger partial charge in [-0.1, -0.05) is 18.2 Å². The van der Waals surface area contributed by atoms with Gasteiger partial charge in [-0.05, 0) is 23.6 Å². The van der Waals surface area contributed by atoms with E-state index in [0.29, 0.717) is 0 Å². The molecular formula is C15H13N3OS2. The molecule has 3 aromatic rings. The standard InChI is InChI=1S/C15H13N3OS2/c1-19-12-5-2-4-11(8-12)14-10-21-15(17-14)18-16-9-13-6-3-7-20-13/h2-10H,1H3,(H,17,18)/b16-9+. The van der Waals surface area contributed by atoms with Crippen molar-refractivity contribution >= 4 is 34.0 Å². The Labute approximate surface area is 130 Å². The highest BCUT2D eigenvalue weighted by Gasteiger charge is 2.04. The second kappa shape index (κ2) is 6.51. The van der Waals surface area contributed by atoms with Crippen LogP contribution in [0.3, 0.4) is 0 Å². The Morgan fingerprint density at radius 2 is 2.19 bits per heavy atom. The maximum absolute atomic E-state index is 5.23. The summed E-state index contributed by atoms with van der Waals surface area (Å²) in [5.41, 5.74) is 4.89. The van der Waals surface area contributed by atoms with E-state index in [1.807, 2.05) is 47.2 Å². The lowest BCUT2D eigenvalue weighted by atomic mass is 10.2. The largest absolute Gasteiger partial charge is 0.497 e. The molecule has 0 fully saturated rings. The first kappa shape index (κ1) is 13.8. The number of nitrogens with zero attached hydrogens (tertiary/aromatic N) is 2. The van der Waals surface area contributed by atoms with Gasteiger partial charge in [-0.3, -0.25) is 5.43 Å². The third kappa shape index (κ3) is 3.48. The molecule has 0 saturated carbocycles. The molecular weight excluding hydrogens is 302 g/mol. The quantitative estimate of drug-likeness (QED) is 0.563. The lowest BCUT2D eigenvalue weighted by molar-refractivity contribution is 0.415. The van der Waals surface area contributed by atoms with Crippen molar-refractivity contribution in [2.75, 3.05) is 12.5 Å². The fourth-order valence-electron chi connectivity index (χ4n) is 1.76. The molecule has 1 aromatic carbocycles. The number of nitrogens with one attached hydrogen (secondary N) is 1. The maximum atomic E-state index is 5.23. The van der Waals surface area contributed by atoms with Crippen LogP contribution in [0, 0.1) is 0 Å². The van der Waals surface area contributed by atoms with Gasteiger partial charge in [0.2, 0.25) is 5.13 Å². The second-order valence-corrected chi connectivity index (χ2v) is 5.99. The molecule has 4 nitrogen and oxygen atoms in total. The van der Waals surface area contributed by atoms with Crippen LogP contribution < -0.4 is 10.2 Å². The summed E-state index contributed by atoms with van der Waals surface area (Å²) in [7, 11) is 1.66. The first-order valence-corrected chi connectivity index (χ1v) is 8.03. The summed E-state index contributed by atoms with van der Waals surface area (Å²) in [6, 6.07) is 11.9. The molecule has 0 saturated heterocycles. The molecule has 106 valence electrons. The fourth-order valence-corrected chi connectivity index (χ4v) is 3.01. The zero-order valence-electron chi connectivity index (χ0n) is 11.3. The highest BCUT2D eigenvalue weighted by Crippen LogP contribution is 2.27. The minimum Gasteiger partial charge on any atom is -0.497 e. The monoisotopic (exact) mass is 315 g/mol. The van der Waals surface area contributed by atoms with Crippen LogP contribution >= 0.6 is 22.7 Å². The predicted octanol–water partition coefficient (Wildman–Crippen LogP) is 4.33. The lowest BCUT2D eigenvalue weighted by Gasteiger charge is -2.01. The maximum Gasteiger partial charge on any atom is 0.203 e. The molecule has 0 aliphatic rings. The van der Waals surface area contributed by atoms with Gasteiger partial charge in [0, 0.05) is 15.8 Å². The van der Waals surface area contributed by atoms with Crippen molar-refractivity contribution in [1.82, 2.24) is 4.98 Å². The van der Waals surface area contributed by atoms with Crippen molar-refractivity contribution in [1.29, 1.82) is 0 Å². The Balaban J connectivity index is 1.71. The Morgan fingerprint density at radius 1 is 1.24 bits per heavy atom. The van der Waals surface area contributed by atoms with Crippen molar-refractivity contribution in [2.24, 2.45) is 5.10 Å². The van der Waals surface area contributed by atoms with Gasteiger partial charge in [0.25, 0.3) is 0 Å². The second-order valence-electron chi connectivity index (χ2n) is 4.16. The molecule has 0 spiro atoms. The third-order valence-electron chi connectivity index (χ3n) is 2.76. The third-order valence-corrected chi connectivity index (χ3v) is 4.32. The van der Waals surface area contributed by atoms with Gasteiger partial charge >= 0.3 is 0 Å². The first-order chi connectivity index (χ1) is 10.3. The number of benzene rings is 1. The number of hydrogen-bond donors (Lipinski definition) is 1. The molecule has 0 atom stereocenters. The SMILES string of the molecule is COc1cccc(-c2csc(N/N=C/c3cccs3)n2)c1. The van der Waals surface area contributed by atoms with Crippen LogP contribution in [0.4, 0.5) is 5.13 Å². The van der Waals surface area contributed by atoms with E-state index in [-0.39, 0.29) is 0 Å². The van der Waals surface area contributed by atoms with Gasteiger partial charge in [0.15, 0.2) is 0 Å². The Bertz CT molecular complexity index is 735. The number of rotatable bonds is 5. The minimum absolute atomic E-state index is 0.764. The van der Waals surface area contributed by atoms with Crippen LogP contribution in [0.1, 0.15) is 4.88 Å². The van der Waals surface area contributed by atoms with Crippen molar-refractivity contribution in [3.05, 3.63) is 52.0 Å². The minimum atomic E-state index is 0.764. The predicted molar refractivity (Wildman–Crippen MR) is 89.6 cm³/mol. The number of thiophene rings is 1. The summed E-state index contributed by atoms with van der Waals surface area (Å²) in [4.78, 5) is 5.62. The van der Waals surface area contributed by atoms with Gasteiger partial charge in [-0.25, -0.2) is 4.98 Å². The van der Waals surface area contributed by atoms with Crippen molar-refractivity contribution < 1.29 is 4.74 Å². The zero-order chi connectivity index (χ0) is 14.5. The van der Waals surface area contributed by atoms with Crippen LogP contribution in [-0.2, 0) is 0 Å². The van der Waals surface area contributed by atoms with E-state index < -0.39 is 0 Å². The average Bonchev–Trinajstić information content (AvgIpc) is 3.19. The highest BCUT2D eigenvalue weighted by molar-refractivity contribution is 7.14. The normalized spacial score (nSPS) is 10.9. The number of anilines is 1. The first-order valence-electron chi connectivity index (χ1n) is 6.28. The molecule has 0 bridgehead atoms. The summed E-state index contributed by atoms with van der Waals surface area (Å²) in [5.74, 6) is 0.825. The summed E-state index contributed by atoms with van der Waals surface area (Å²) in [6.45, 7) is 0. The molecule has 21 heavy (non-hydrogen) atoms. The topological polar surface area (TPSA) is 46.5 Å². The number of thiazole rings is 1. The van der Waals surface area contributed by atoms with E-state index >= 15 is 0 Å². The van der Waals surface area contributed by atoms with E-state index in [2.05, 4.69) is 15.5 Å². The molecule has 0 amide bonds. The average molecular weight is 315 g/mol. The number of methoxy groups -OCH3 is 1. The van der Waals surface area contributed by atoms with E-state index in [0.717, 1.165) is 27.0 Å². The molecule has 0 aliphatic carbocycles. The van der Waals surface area contributed by atoms with Crippen LogP contribution in [0.5, 0.6) is 5.75 Å². The fraction of sp³-hybridized carbons (Fsp3) is 0.0667. The summed E-state index contributed by atoms with van der Waals surface area (Å²) >= 11 is 3.17. The number of hydrogen-bond acceptors (Lipinski definition) is 6. The van der Waals surface area contributed by atoms with Crippen molar-refractivity contribution in [3.63, 3.8) is 0 Å². The molecule has 0 unspecified atom stereocenters. The van der Waals surface area contributed by atoms with E-state index in [1.165, 1.54) is 11.3 Å². The van der Waals surface area contributed by atoms with Crippen LogP contribution in [0.15, 0.2) is 52.3 Å². The Kier molecular flexibility index (Phi) is 4.28. The summed E-state index contributed by atoms with van der Waals surface area (Å²) in [5, 5.41) is 8.97. The van der Waals surface area contributed by atoms with E-state index in [9.17, 15) is 0 Å². The number of hydrazone groups is 1. The number of ether oxygens (including phenoxy) is 1. The smallest absolute Gasteiger partial charge is 0.203 e. The number of aromatic nitrogens is 1. The van der Waals surface area contributed by atoms with E-state index in [1.54, 1.807) is 24.7 Å². The molecule has 0 aliphatic heterocycles. The van der Waals surface area contributed by atoms with Gasteiger partial charge in [0.1, 0.15) is 5.75 Å². The molecule has 0 radical (unpaired) electrons. The van der Waals surface area contributed by atoms with Crippen molar-refractivity contribution in [2.45, 2.75) is 0 Å². The van der Waals surface area contributed by atoms with Crippen LogP contribution in [-0.4, -0.2) is 18.3 Å². The molecule has 2 heterocycles. The van der Waals surface area contributed by atoms with E-state index in [4.69, 9.17) is 4.74 Å². The van der Waals surface area contributed by atoms with Crippen molar-refractivity contribution in [3.8, 4) is 17.0 Å². The highest BCUT2D eigenvalue weighted by atomic mass is 32.1. The summed E-state index contributed by atoms with van der Waals surface area (Å²) in [6.07, 6.45) is 1.79. The molecule has 1 N–H and O–H groups in total. The lowest BCUT2D eigenvalue weighted by Crippen LogP contribution is -1.89. The van der Waals surface area contributed by atoms with Crippen LogP contribution in [0.2, 0.25) is 0 Å². The zero-order valence-corrected chi connectivity index (χ0v) is 12.9.